The SMILES string of the molecule is Cc1cc(C)cc(OCC[NH+](C)CC(=O)Nc2c(C)cc(C)cc2C)c1. The Morgan fingerprint density at radius 1 is 0.923 bits per heavy atom. The van der Waals surface area contributed by atoms with Crippen LogP contribution in [-0.4, -0.2) is 32.7 Å². The second kappa shape index (κ2) is 8.86. The third-order valence-corrected chi connectivity index (χ3v) is 4.40. The summed E-state index contributed by atoms with van der Waals surface area (Å²) in [7, 11) is 2.01. The number of carbonyl (C=O) groups is 1. The summed E-state index contributed by atoms with van der Waals surface area (Å²) in [6.45, 7) is 12.0. The monoisotopic (exact) mass is 355 g/mol. The van der Waals surface area contributed by atoms with Crippen LogP contribution in [0.1, 0.15) is 27.8 Å². The first-order chi connectivity index (χ1) is 12.2. The molecular weight excluding hydrogens is 324 g/mol. The van der Waals surface area contributed by atoms with Crippen molar-refractivity contribution in [3.05, 3.63) is 58.1 Å². The lowest BCUT2D eigenvalue weighted by atomic mass is 10.1. The molecule has 0 radical (unpaired) electrons. The Bertz CT molecular complexity index is 740. The predicted octanol–water partition coefficient (Wildman–Crippen LogP) is 2.76. The van der Waals surface area contributed by atoms with E-state index in [1.54, 1.807) is 0 Å². The van der Waals surface area contributed by atoms with Crippen molar-refractivity contribution >= 4 is 11.6 Å². The van der Waals surface area contributed by atoms with Crippen molar-refractivity contribution in [2.24, 2.45) is 0 Å². The van der Waals surface area contributed by atoms with Gasteiger partial charge in [-0.05, 0) is 69.0 Å². The second-order valence-electron chi connectivity index (χ2n) is 7.38. The fourth-order valence-electron chi connectivity index (χ4n) is 3.28. The van der Waals surface area contributed by atoms with E-state index >= 15 is 0 Å². The van der Waals surface area contributed by atoms with Crippen LogP contribution in [0, 0.1) is 34.6 Å². The molecule has 1 atom stereocenters. The third kappa shape index (κ3) is 5.88. The van der Waals surface area contributed by atoms with E-state index in [1.165, 1.54) is 16.7 Å². The van der Waals surface area contributed by atoms with Crippen LogP contribution in [0.25, 0.3) is 0 Å². The van der Waals surface area contributed by atoms with Gasteiger partial charge in [-0.3, -0.25) is 4.79 Å². The van der Waals surface area contributed by atoms with E-state index in [1.807, 2.05) is 33.0 Å². The van der Waals surface area contributed by atoms with E-state index in [0.717, 1.165) is 34.0 Å². The summed E-state index contributed by atoms with van der Waals surface area (Å²) >= 11 is 0. The summed E-state index contributed by atoms with van der Waals surface area (Å²) in [5.74, 6) is 0.926. The van der Waals surface area contributed by atoms with Gasteiger partial charge in [0.25, 0.3) is 5.91 Å². The average Bonchev–Trinajstić information content (AvgIpc) is 2.49. The highest BCUT2D eigenvalue weighted by molar-refractivity contribution is 5.93. The molecule has 0 fully saturated rings. The van der Waals surface area contributed by atoms with Crippen molar-refractivity contribution < 1.29 is 14.4 Å². The van der Waals surface area contributed by atoms with Gasteiger partial charge in [-0.1, -0.05) is 23.8 Å². The molecule has 0 spiro atoms. The van der Waals surface area contributed by atoms with Crippen LogP contribution in [0.3, 0.4) is 0 Å². The molecule has 0 aliphatic heterocycles. The topological polar surface area (TPSA) is 42.8 Å². The van der Waals surface area contributed by atoms with E-state index in [9.17, 15) is 4.79 Å². The number of hydrogen-bond acceptors (Lipinski definition) is 2. The number of ether oxygens (including phenoxy) is 1. The summed E-state index contributed by atoms with van der Waals surface area (Å²) in [6, 6.07) is 10.4. The molecule has 0 saturated carbocycles. The summed E-state index contributed by atoms with van der Waals surface area (Å²) in [5, 5.41) is 3.06. The van der Waals surface area contributed by atoms with E-state index < -0.39 is 0 Å². The molecule has 4 heteroatoms. The van der Waals surface area contributed by atoms with E-state index in [-0.39, 0.29) is 5.91 Å². The predicted molar refractivity (Wildman–Crippen MR) is 107 cm³/mol. The molecule has 1 unspecified atom stereocenters. The maximum atomic E-state index is 12.4. The molecule has 2 N–H and O–H groups in total. The van der Waals surface area contributed by atoms with Crippen LogP contribution in [0.4, 0.5) is 5.69 Å². The first-order valence-corrected chi connectivity index (χ1v) is 9.14. The number of likely N-dealkylation sites (N-methyl/N-ethyl adjacent to an activating group) is 1. The number of benzene rings is 2. The second-order valence-corrected chi connectivity index (χ2v) is 7.38. The lowest BCUT2D eigenvalue weighted by molar-refractivity contribution is -0.871. The zero-order valence-corrected chi connectivity index (χ0v) is 16.8. The van der Waals surface area contributed by atoms with Gasteiger partial charge in [-0.15, -0.1) is 0 Å². The molecule has 0 saturated heterocycles. The Morgan fingerprint density at radius 3 is 2.04 bits per heavy atom. The normalized spacial score (nSPS) is 11.9. The van der Waals surface area contributed by atoms with Crippen molar-refractivity contribution in [3.8, 4) is 5.75 Å². The van der Waals surface area contributed by atoms with Crippen LogP contribution in [0.5, 0.6) is 5.75 Å². The fraction of sp³-hybridized carbons (Fsp3) is 0.409. The van der Waals surface area contributed by atoms with E-state index in [0.29, 0.717) is 13.2 Å². The molecular formula is C22H31N2O2+. The van der Waals surface area contributed by atoms with Gasteiger partial charge in [-0.2, -0.15) is 0 Å². The van der Waals surface area contributed by atoms with Crippen molar-refractivity contribution in [1.82, 2.24) is 0 Å². The highest BCUT2D eigenvalue weighted by atomic mass is 16.5. The van der Waals surface area contributed by atoms with Crippen molar-refractivity contribution in [2.75, 3.05) is 32.1 Å². The van der Waals surface area contributed by atoms with Gasteiger partial charge in [0, 0.05) is 5.69 Å². The lowest BCUT2D eigenvalue weighted by Gasteiger charge is -2.16. The summed E-state index contributed by atoms with van der Waals surface area (Å²) in [4.78, 5) is 13.5. The Balaban J connectivity index is 1.82. The van der Waals surface area contributed by atoms with Gasteiger partial charge in [0.05, 0.1) is 7.05 Å². The molecule has 4 nitrogen and oxygen atoms in total. The smallest absolute Gasteiger partial charge is 0.279 e. The molecule has 0 heterocycles. The van der Waals surface area contributed by atoms with E-state index in [4.69, 9.17) is 4.74 Å². The number of anilines is 1. The Kier molecular flexibility index (Phi) is 6.81. The number of quaternary nitrogens is 1. The van der Waals surface area contributed by atoms with Gasteiger partial charge < -0.3 is 15.0 Å². The minimum absolute atomic E-state index is 0.0314. The minimum atomic E-state index is 0.0314. The maximum Gasteiger partial charge on any atom is 0.279 e. The highest BCUT2D eigenvalue weighted by Crippen LogP contribution is 2.21. The maximum absolute atomic E-state index is 12.4. The van der Waals surface area contributed by atoms with Gasteiger partial charge >= 0.3 is 0 Å². The largest absolute Gasteiger partial charge is 0.488 e. The quantitative estimate of drug-likeness (QED) is 0.802. The fourth-order valence-corrected chi connectivity index (χ4v) is 3.28. The van der Waals surface area contributed by atoms with Crippen LogP contribution < -0.4 is 15.0 Å². The average molecular weight is 356 g/mol. The Morgan fingerprint density at radius 2 is 1.46 bits per heavy atom. The first kappa shape index (κ1) is 20.0. The van der Waals surface area contributed by atoms with Crippen LogP contribution in [-0.2, 0) is 4.79 Å². The third-order valence-electron chi connectivity index (χ3n) is 4.40. The Labute approximate surface area is 157 Å². The molecule has 2 aromatic carbocycles. The summed E-state index contributed by atoms with van der Waals surface area (Å²) in [5.41, 5.74) is 6.75. The number of amides is 1. The molecule has 2 aromatic rings. The van der Waals surface area contributed by atoms with Gasteiger partial charge in [0.1, 0.15) is 18.9 Å². The summed E-state index contributed by atoms with van der Waals surface area (Å²) < 4.78 is 5.84. The van der Waals surface area contributed by atoms with Crippen LogP contribution in [0.15, 0.2) is 30.3 Å². The van der Waals surface area contributed by atoms with Gasteiger partial charge in [-0.25, -0.2) is 0 Å². The van der Waals surface area contributed by atoms with Gasteiger partial charge in [0.2, 0.25) is 0 Å². The number of nitrogens with one attached hydrogen (secondary N) is 2. The molecule has 2 rings (SSSR count). The van der Waals surface area contributed by atoms with E-state index in [2.05, 4.69) is 44.3 Å². The minimum Gasteiger partial charge on any atom is -0.488 e. The summed E-state index contributed by atoms with van der Waals surface area (Å²) in [6.07, 6.45) is 0. The number of hydrogen-bond donors (Lipinski definition) is 2. The first-order valence-electron chi connectivity index (χ1n) is 9.14. The van der Waals surface area contributed by atoms with Crippen LogP contribution >= 0.6 is 0 Å². The zero-order chi connectivity index (χ0) is 19.3. The van der Waals surface area contributed by atoms with Gasteiger partial charge in [0.15, 0.2) is 6.54 Å². The number of aryl methyl sites for hydroxylation is 5. The molecule has 0 bridgehead atoms. The van der Waals surface area contributed by atoms with Crippen LogP contribution in [0.2, 0.25) is 0 Å². The molecule has 140 valence electrons. The number of carbonyl (C=O) groups excluding carboxylic acids is 1. The standard InChI is InChI=1S/C22H30N2O2/c1-15-9-16(2)13-20(12-15)26-8-7-24(6)14-21(25)23-22-18(4)10-17(3)11-19(22)5/h9-13H,7-8,14H2,1-6H3,(H,23,25)/p+1. The highest BCUT2D eigenvalue weighted by Gasteiger charge is 2.13. The zero-order valence-electron chi connectivity index (χ0n) is 16.8. The lowest BCUT2D eigenvalue weighted by Crippen LogP contribution is -3.10. The molecule has 0 aliphatic carbocycles. The number of rotatable bonds is 7. The van der Waals surface area contributed by atoms with Crippen molar-refractivity contribution in [1.29, 1.82) is 0 Å². The van der Waals surface area contributed by atoms with Crippen molar-refractivity contribution in [2.45, 2.75) is 34.6 Å². The molecule has 0 aliphatic rings. The molecule has 26 heavy (non-hydrogen) atoms. The van der Waals surface area contributed by atoms with Crippen molar-refractivity contribution in [3.63, 3.8) is 0 Å². The molecule has 0 aromatic heterocycles. The molecule has 1 amide bonds. The Hall–Kier alpha value is -2.33.